The fourth-order valence-electron chi connectivity index (χ4n) is 3.96. The Morgan fingerprint density at radius 3 is 2.55 bits per heavy atom. The number of pyridine rings is 1. The van der Waals surface area contributed by atoms with Gasteiger partial charge < -0.3 is 14.8 Å². The van der Waals surface area contributed by atoms with Gasteiger partial charge in [0.25, 0.3) is 5.91 Å². The van der Waals surface area contributed by atoms with E-state index >= 15 is 0 Å². The number of benzene rings is 1. The van der Waals surface area contributed by atoms with Crippen LogP contribution in [0, 0.1) is 13.8 Å². The molecule has 4 aromatic rings. The van der Waals surface area contributed by atoms with Gasteiger partial charge in [0.05, 0.1) is 33.6 Å². The van der Waals surface area contributed by atoms with E-state index in [1.807, 2.05) is 24.6 Å². The third kappa shape index (κ3) is 3.94. The van der Waals surface area contributed by atoms with Gasteiger partial charge in [0.1, 0.15) is 13.2 Å². The van der Waals surface area contributed by atoms with Gasteiger partial charge in [0.2, 0.25) is 0 Å². The molecular weight excluding hydrogens is 460 g/mol. The number of carbonyl (C=O) groups is 1. The number of nitrogens with one attached hydrogen (secondary N) is 1. The molecule has 0 bridgehead atoms. The lowest BCUT2D eigenvalue weighted by molar-refractivity contribution is 0.102. The number of amides is 1. The number of aromatic nitrogens is 3. The molecule has 4 heterocycles. The Morgan fingerprint density at radius 1 is 1.15 bits per heavy atom. The highest BCUT2D eigenvalue weighted by molar-refractivity contribution is 7.12. The molecule has 170 valence electrons. The zero-order chi connectivity index (χ0) is 23.3. The van der Waals surface area contributed by atoms with Crippen molar-refractivity contribution in [1.29, 1.82) is 0 Å². The fraction of sp³-hybridized carbons (Fsp3) is 0.292. The van der Waals surface area contributed by atoms with Crippen LogP contribution >= 0.6 is 22.9 Å². The Labute approximate surface area is 200 Å². The maximum atomic E-state index is 13.5. The van der Waals surface area contributed by atoms with Gasteiger partial charge in [-0.3, -0.25) is 4.79 Å². The van der Waals surface area contributed by atoms with Crippen molar-refractivity contribution in [3.05, 3.63) is 50.8 Å². The molecule has 0 unspecified atom stereocenters. The molecule has 1 amide bonds. The molecule has 0 aliphatic carbocycles. The van der Waals surface area contributed by atoms with Crippen molar-refractivity contribution in [2.75, 3.05) is 18.5 Å². The zero-order valence-corrected chi connectivity index (χ0v) is 20.3. The lowest BCUT2D eigenvalue weighted by Gasteiger charge is -2.20. The number of rotatable bonds is 4. The Bertz CT molecular complexity index is 1390. The van der Waals surface area contributed by atoms with Crippen molar-refractivity contribution in [3.63, 3.8) is 0 Å². The maximum Gasteiger partial charge on any atom is 0.256 e. The van der Waals surface area contributed by atoms with Crippen LogP contribution in [-0.4, -0.2) is 33.9 Å². The minimum absolute atomic E-state index is 0.0960. The van der Waals surface area contributed by atoms with Gasteiger partial charge in [0, 0.05) is 33.5 Å². The zero-order valence-electron chi connectivity index (χ0n) is 18.7. The smallest absolute Gasteiger partial charge is 0.256 e. The molecule has 0 saturated carbocycles. The average Bonchev–Trinajstić information content (AvgIpc) is 3.36. The monoisotopic (exact) mass is 482 g/mol. The number of fused-ring (bicyclic) bond motifs is 2. The SMILES string of the molecule is Cc1cc(-c2cc(C(=O)Nc3cc4c(cc3Cl)OCCO4)c3cnn(C(C)C)c3n2)c(C)s1. The number of aryl methyl sites for hydroxylation is 2. The van der Waals surface area contributed by atoms with Crippen LogP contribution in [0.25, 0.3) is 22.3 Å². The van der Waals surface area contributed by atoms with Gasteiger partial charge in [-0.1, -0.05) is 11.6 Å². The summed E-state index contributed by atoms with van der Waals surface area (Å²) < 4.78 is 13.0. The van der Waals surface area contributed by atoms with Crippen LogP contribution in [0.2, 0.25) is 5.02 Å². The summed E-state index contributed by atoms with van der Waals surface area (Å²) in [6.45, 7) is 9.12. The van der Waals surface area contributed by atoms with E-state index in [1.54, 1.807) is 29.7 Å². The van der Waals surface area contributed by atoms with Crippen LogP contribution in [0.1, 0.15) is 40.0 Å². The molecular formula is C24H23ClN4O3S. The summed E-state index contributed by atoms with van der Waals surface area (Å²) in [6, 6.07) is 7.37. The molecule has 7 nitrogen and oxygen atoms in total. The van der Waals surface area contributed by atoms with Crippen molar-refractivity contribution in [1.82, 2.24) is 14.8 Å². The molecule has 9 heteroatoms. The van der Waals surface area contributed by atoms with Crippen molar-refractivity contribution >= 4 is 45.6 Å². The highest BCUT2D eigenvalue weighted by Crippen LogP contribution is 2.38. The Morgan fingerprint density at radius 2 is 1.88 bits per heavy atom. The van der Waals surface area contributed by atoms with E-state index in [0.717, 1.165) is 16.1 Å². The molecule has 1 aliphatic heterocycles. The van der Waals surface area contributed by atoms with E-state index in [1.165, 1.54) is 4.88 Å². The molecule has 0 radical (unpaired) electrons. The predicted octanol–water partition coefficient (Wildman–Crippen LogP) is 6.03. The maximum absolute atomic E-state index is 13.5. The average molecular weight is 483 g/mol. The van der Waals surface area contributed by atoms with Crippen molar-refractivity contribution in [3.8, 4) is 22.8 Å². The lowest BCUT2D eigenvalue weighted by atomic mass is 10.1. The third-order valence-electron chi connectivity index (χ3n) is 5.50. The summed E-state index contributed by atoms with van der Waals surface area (Å²) in [7, 11) is 0. The van der Waals surface area contributed by atoms with Gasteiger partial charge in [-0.05, 0) is 39.8 Å². The molecule has 0 spiro atoms. The number of nitrogens with zero attached hydrogens (tertiary/aromatic N) is 3. The molecule has 33 heavy (non-hydrogen) atoms. The summed E-state index contributed by atoms with van der Waals surface area (Å²) in [4.78, 5) is 20.7. The second-order valence-electron chi connectivity index (χ2n) is 8.23. The minimum Gasteiger partial charge on any atom is -0.486 e. The minimum atomic E-state index is -0.296. The number of thiophene rings is 1. The topological polar surface area (TPSA) is 78.3 Å². The summed E-state index contributed by atoms with van der Waals surface area (Å²) in [5.41, 5.74) is 3.36. The highest BCUT2D eigenvalue weighted by Gasteiger charge is 2.22. The largest absolute Gasteiger partial charge is 0.486 e. The first-order chi connectivity index (χ1) is 15.8. The third-order valence-corrected chi connectivity index (χ3v) is 6.78. The van der Waals surface area contributed by atoms with Crippen LogP contribution in [0.4, 0.5) is 5.69 Å². The highest BCUT2D eigenvalue weighted by atomic mass is 35.5. The van der Waals surface area contributed by atoms with Gasteiger partial charge in [-0.25, -0.2) is 9.67 Å². The number of ether oxygens (including phenoxy) is 2. The Balaban J connectivity index is 1.61. The quantitative estimate of drug-likeness (QED) is 0.384. The number of hydrogen-bond acceptors (Lipinski definition) is 6. The number of hydrogen-bond donors (Lipinski definition) is 1. The van der Waals surface area contributed by atoms with Gasteiger partial charge in [-0.15, -0.1) is 11.3 Å². The standard InChI is InChI=1S/C24H23ClN4O3S/c1-12(2)29-23-17(11-26-29)16(8-19(27-23)15-7-13(3)33-14(15)4)24(30)28-20-10-22-21(9-18(20)25)31-5-6-32-22/h7-12H,5-6H2,1-4H3,(H,28,30). The first-order valence-electron chi connectivity index (χ1n) is 10.7. The predicted molar refractivity (Wildman–Crippen MR) is 131 cm³/mol. The van der Waals surface area contributed by atoms with Crippen LogP contribution in [0.15, 0.2) is 30.5 Å². The van der Waals surface area contributed by atoms with Crippen LogP contribution < -0.4 is 14.8 Å². The van der Waals surface area contributed by atoms with E-state index in [-0.39, 0.29) is 11.9 Å². The first-order valence-corrected chi connectivity index (χ1v) is 11.9. The molecule has 0 fully saturated rings. The summed E-state index contributed by atoms with van der Waals surface area (Å²) in [6.07, 6.45) is 1.69. The van der Waals surface area contributed by atoms with E-state index in [2.05, 4.69) is 30.3 Å². The van der Waals surface area contributed by atoms with E-state index in [9.17, 15) is 4.79 Å². The first kappa shape index (κ1) is 21.7. The fourth-order valence-corrected chi connectivity index (χ4v) is 5.09. The Hall–Kier alpha value is -3.10. The number of anilines is 1. The van der Waals surface area contributed by atoms with Crippen molar-refractivity contribution < 1.29 is 14.3 Å². The summed E-state index contributed by atoms with van der Waals surface area (Å²) in [5, 5.41) is 8.49. The van der Waals surface area contributed by atoms with Gasteiger partial charge in [0.15, 0.2) is 17.1 Å². The van der Waals surface area contributed by atoms with E-state index in [0.29, 0.717) is 52.0 Å². The number of halogens is 1. The normalized spacial score (nSPS) is 13.0. The van der Waals surface area contributed by atoms with Crippen molar-refractivity contribution in [2.45, 2.75) is 33.7 Å². The van der Waals surface area contributed by atoms with Crippen LogP contribution in [0.5, 0.6) is 11.5 Å². The molecule has 0 atom stereocenters. The molecule has 1 N–H and O–H groups in total. The van der Waals surface area contributed by atoms with E-state index in [4.69, 9.17) is 26.1 Å². The van der Waals surface area contributed by atoms with Crippen molar-refractivity contribution in [2.24, 2.45) is 0 Å². The summed E-state index contributed by atoms with van der Waals surface area (Å²) in [5.74, 6) is 0.827. The van der Waals surface area contributed by atoms with E-state index < -0.39 is 0 Å². The second-order valence-corrected chi connectivity index (χ2v) is 10.1. The molecule has 1 aromatic carbocycles. The lowest BCUT2D eigenvalue weighted by Crippen LogP contribution is -2.17. The Kier molecular flexibility index (Phi) is 5.50. The van der Waals surface area contributed by atoms with Gasteiger partial charge >= 0.3 is 0 Å². The second kappa shape index (κ2) is 8.35. The summed E-state index contributed by atoms with van der Waals surface area (Å²) >= 11 is 8.14. The van der Waals surface area contributed by atoms with Gasteiger partial charge in [-0.2, -0.15) is 5.10 Å². The van der Waals surface area contributed by atoms with Crippen LogP contribution in [0.3, 0.4) is 0 Å². The molecule has 0 saturated heterocycles. The number of carbonyl (C=O) groups excluding carboxylic acids is 1. The molecule has 3 aromatic heterocycles. The van der Waals surface area contributed by atoms with Crippen LogP contribution in [-0.2, 0) is 0 Å². The molecule has 5 rings (SSSR count). The molecule has 1 aliphatic rings.